The number of phenols is 1. The molecule has 0 unspecified atom stereocenters. The highest BCUT2D eigenvalue weighted by Crippen LogP contribution is 2.37. The number of fused-ring (bicyclic) bond motifs is 1. The Bertz CT molecular complexity index is 1060. The number of aromatic nitrogens is 1. The van der Waals surface area contributed by atoms with Crippen LogP contribution in [0.25, 0.3) is 21.2 Å². The van der Waals surface area contributed by atoms with Crippen molar-refractivity contribution in [2.24, 2.45) is 0 Å². The molecule has 1 fully saturated rings. The van der Waals surface area contributed by atoms with Gasteiger partial charge in [0.2, 0.25) is 0 Å². The number of aromatic hydroxyl groups is 1. The third-order valence-corrected chi connectivity index (χ3v) is 6.01. The van der Waals surface area contributed by atoms with Crippen molar-refractivity contribution >= 4 is 39.1 Å². The summed E-state index contributed by atoms with van der Waals surface area (Å²) in [6.07, 6.45) is 1.66. The van der Waals surface area contributed by atoms with Gasteiger partial charge in [0.15, 0.2) is 0 Å². The lowest BCUT2D eigenvalue weighted by Gasteiger charge is -2.39. The maximum atomic E-state index is 14.6. The van der Waals surface area contributed by atoms with Gasteiger partial charge in [-0.1, -0.05) is 11.6 Å². The molecule has 28 heavy (non-hydrogen) atoms. The Morgan fingerprint density at radius 2 is 2.14 bits per heavy atom. The van der Waals surface area contributed by atoms with E-state index in [1.807, 2.05) is 4.90 Å². The molecule has 1 saturated heterocycles. The first-order valence-corrected chi connectivity index (χ1v) is 10.0. The van der Waals surface area contributed by atoms with Crippen molar-refractivity contribution in [3.05, 3.63) is 46.9 Å². The van der Waals surface area contributed by atoms with Gasteiger partial charge in [0.25, 0.3) is 5.91 Å². The third kappa shape index (κ3) is 3.45. The summed E-state index contributed by atoms with van der Waals surface area (Å²) in [5.74, 6) is -1.00. The van der Waals surface area contributed by atoms with Crippen molar-refractivity contribution in [2.75, 3.05) is 19.6 Å². The predicted molar refractivity (Wildman–Crippen MR) is 110 cm³/mol. The van der Waals surface area contributed by atoms with Gasteiger partial charge in [0.05, 0.1) is 15.3 Å². The molecule has 2 N–H and O–H groups in total. The molecule has 1 amide bonds. The third-order valence-electron chi connectivity index (χ3n) is 4.86. The molecule has 2 aromatic carbocycles. The van der Waals surface area contributed by atoms with Crippen LogP contribution < -0.4 is 5.32 Å². The molecule has 146 valence electrons. The van der Waals surface area contributed by atoms with Crippen molar-refractivity contribution in [1.29, 1.82) is 0 Å². The van der Waals surface area contributed by atoms with Crippen molar-refractivity contribution in [2.45, 2.75) is 19.4 Å². The molecule has 0 spiro atoms. The minimum absolute atomic E-state index is 0.0849. The summed E-state index contributed by atoms with van der Waals surface area (Å²) < 4.78 is 19.5. The maximum absolute atomic E-state index is 14.6. The number of hydrogen-bond acceptors (Lipinski definition) is 5. The number of amides is 1. The van der Waals surface area contributed by atoms with Gasteiger partial charge >= 0.3 is 0 Å². The average molecular weight is 420 g/mol. The number of piperazine rings is 1. The zero-order valence-corrected chi connectivity index (χ0v) is 17.0. The fourth-order valence-electron chi connectivity index (χ4n) is 3.61. The minimum Gasteiger partial charge on any atom is -0.508 e. The van der Waals surface area contributed by atoms with Crippen LogP contribution in [0, 0.1) is 5.82 Å². The summed E-state index contributed by atoms with van der Waals surface area (Å²) in [4.78, 5) is 15.1. The second-order valence-corrected chi connectivity index (χ2v) is 8.80. The molecule has 3 aromatic rings. The molecule has 8 heteroatoms. The lowest BCUT2D eigenvalue weighted by Crippen LogP contribution is -2.58. The molecule has 0 saturated carbocycles. The first kappa shape index (κ1) is 19.1. The SMILES string of the molecule is CC1(C)CN(C(=O)c2cc(-c3c(F)cc(O)cc3Cl)cc3cnsc23)CCN1. The van der Waals surface area contributed by atoms with E-state index in [9.17, 15) is 14.3 Å². The molecule has 0 atom stereocenters. The lowest BCUT2D eigenvalue weighted by molar-refractivity contribution is 0.0654. The number of benzene rings is 2. The van der Waals surface area contributed by atoms with E-state index in [1.54, 1.807) is 18.3 Å². The second kappa shape index (κ2) is 6.99. The average Bonchev–Trinajstić information content (AvgIpc) is 3.07. The highest BCUT2D eigenvalue weighted by Gasteiger charge is 2.30. The summed E-state index contributed by atoms with van der Waals surface area (Å²) in [7, 11) is 0. The lowest BCUT2D eigenvalue weighted by atomic mass is 9.98. The molecule has 2 heterocycles. The van der Waals surface area contributed by atoms with Crippen LogP contribution in [0.15, 0.2) is 30.5 Å². The van der Waals surface area contributed by atoms with Gasteiger partial charge in [-0.15, -0.1) is 0 Å². The van der Waals surface area contributed by atoms with E-state index in [1.165, 1.54) is 17.6 Å². The predicted octanol–water partition coefficient (Wildman–Crippen LogP) is 4.29. The molecule has 0 aliphatic carbocycles. The van der Waals surface area contributed by atoms with Gasteiger partial charge in [0, 0.05) is 48.4 Å². The molecule has 1 aromatic heterocycles. The number of rotatable bonds is 2. The zero-order valence-electron chi connectivity index (χ0n) is 15.4. The fourth-order valence-corrected chi connectivity index (χ4v) is 4.65. The van der Waals surface area contributed by atoms with Crippen LogP contribution in [0.4, 0.5) is 4.39 Å². The van der Waals surface area contributed by atoms with E-state index in [2.05, 4.69) is 23.5 Å². The normalized spacial score (nSPS) is 16.5. The van der Waals surface area contributed by atoms with Crippen molar-refractivity contribution < 1.29 is 14.3 Å². The molecular formula is C20H19ClFN3O2S. The van der Waals surface area contributed by atoms with Crippen LogP contribution in [0.5, 0.6) is 5.75 Å². The number of carbonyl (C=O) groups excluding carboxylic acids is 1. The van der Waals surface area contributed by atoms with Gasteiger partial charge in [-0.05, 0) is 49.1 Å². The van der Waals surface area contributed by atoms with Gasteiger partial charge in [-0.2, -0.15) is 4.37 Å². The Balaban J connectivity index is 1.84. The van der Waals surface area contributed by atoms with Crippen LogP contribution in [-0.2, 0) is 0 Å². The highest BCUT2D eigenvalue weighted by atomic mass is 35.5. The maximum Gasteiger partial charge on any atom is 0.255 e. The van der Waals surface area contributed by atoms with E-state index in [0.29, 0.717) is 30.8 Å². The summed E-state index contributed by atoms with van der Waals surface area (Å²) in [5.41, 5.74) is 0.941. The van der Waals surface area contributed by atoms with Crippen LogP contribution in [0.1, 0.15) is 24.2 Å². The molecule has 0 radical (unpaired) electrons. The van der Waals surface area contributed by atoms with Crippen LogP contribution >= 0.6 is 23.1 Å². The number of nitrogens with one attached hydrogen (secondary N) is 1. The highest BCUT2D eigenvalue weighted by molar-refractivity contribution is 7.13. The van der Waals surface area contributed by atoms with Gasteiger partial charge in [-0.3, -0.25) is 4.79 Å². The number of nitrogens with zero attached hydrogens (tertiary/aromatic N) is 2. The second-order valence-electron chi connectivity index (χ2n) is 7.59. The van der Waals surface area contributed by atoms with Crippen molar-refractivity contribution in [3.8, 4) is 16.9 Å². The summed E-state index contributed by atoms with van der Waals surface area (Å²) in [5, 5.41) is 13.8. The van der Waals surface area contributed by atoms with E-state index in [-0.39, 0.29) is 27.8 Å². The summed E-state index contributed by atoms with van der Waals surface area (Å²) >= 11 is 7.44. The summed E-state index contributed by atoms with van der Waals surface area (Å²) in [6.45, 7) is 5.99. The molecule has 0 bridgehead atoms. The van der Waals surface area contributed by atoms with Gasteiger partial charge < -0.3 is 15.3 Å². The van der Waals surface area contributed by atoms with E-state index in [0.717, 1.165) is 16.2 Å². The minimum atomic E-state index is -0.644. The standard InChI is InChI=1S/C20H19ClFN3O2S/c1-20(2)10-25(4-3-23-20)19(27)14-6-11(5-12-9-24-28-18(12)14)17-15(21)7-13(26)8-16(17)22/h5-9,23,26H,3-4,10H2,1-2H3. The fraction of sp³-hybridized carbons (Fsp3) is 0.300. The molecule has 1 aliphatic heterocycles. The number of carbonyl (C=O) groups is 1. The number of hydrogen-bond donors (Lipinski definition) is 2. The Hall–Kier alpha value is -2.22. The smallest absolute Gasteiger partial charge is 0.255 e. The number of phenolic OH excluding ortho intramolecular Hbond substituents is 1. The monoisotopic (exact) mass is 419 g/mol. The Morgan fingerprint density at radius 1 is 1.36 bits per heavy atom. The Kier molecular flexibility index (Phi) is 4.77. The quantitative estimate of drug-likeness (QED) is 0.650. The molecular weight excluding hydrogens is 401 g/mol. The van der Waals surface area contributed by atoms with Crippen LogP contribution in [-0.4, -0.2) is 45.5 Å². The molecule has 5 nitrogen and oxygen atoms in total. The van der Waals surface area contributed by atoms with Gasteiger partial charge in [-0.25, -0.2) is 4.39 Å². The molecule has 4 rings (SSSR count). The van der Waals surface area contributed by atoms with E-state index < -0.39 is 5.82 Å². The van der Waals surface area contributed by atoms with Crippen LogP contribution in [0.3, 0.4) is 0 Å². The van der Waals surface area contributed by atoms with Crippen molar-refractivity contribution in [3.63, 3.8) is 0 Å². The van der Waals surface area contributed by atoms with Crippen LogP contribution in [0.2, 0.25) is 5.02 Å². The van der Waals surface area contributed by atoms with Gasteiger partial charge in [0.1, 0.15) is 11.6 Å². The zero-order chi connectivity index (χ0) is 20.1. The van der Waals surface area contributed by atoms with E-state index in [4.69, 9.17) is 11.6 Å². The first-order valence-electron chi connectivity index (χ1n) is 8.86. The largest absolute Gasteiger partial charge is 0.508 e. The molecule has 1 aliphatic rings. The Morgan fingerprint density at radius 3 is 2.86 bits per heavy atom. The Labute approximate surface area is 170 Å². The summed E-state index contributed by atoms with van der Waals surface area (Å²) in [6, 6.07) is 5.73. The number of halogens is 2. The van der Waals surface area contributed by atoms with Crippen molar-refractivity contribution in [1.82, 2.24) is 14.6 Å². The van der Waals surface area contributed by atoms with E-state index >= 15 is 0 Å². The first-order chi connectivity index (χ1) is 13.2. The topological polar surface area (TPSA) is 65.5 Å².